The van der Waals surface area contributed by atoms with E-state index in [2.05, 4.69) is 24.6 Å². The van der Waals surface area contributed by atoms with Crippen molar-refractivity contribution in [1.82, 2.24) is 14.8 Å². The van der Waals surface area contributed by atoms with Crippen LogP contribution in [0.1, 0.15) is 64.0 Å². The Balaban J connectivity index is 1.28. The number of amides is 5. The van der Waals surface area contributed by atoms with Crippen LogP contribution in [-0.2, 0) is 24.5 Å². The molecule has 1 aromatic rings. The Bertz CT molecular complexity index is 1300. The first-order valence-electron chi connectivity index (χ1n) is 15.1. The lowest BCUT2D eigenvalue weighted by Gasteiger charge is -2.57. The summed E-state index contributed by atoms with van der Waals surface area (Å²) in [4.78, 5) is 62.2. The largest absolute Gasteiger partial charge is 0.385 e. The second-order valence-corrected chi connectivity index (χ2v) is 19.3. The number of nitrogens with zero attached hydrogens (tertiary/aromatic N) is 4. The highest BCUT2D eigenvalue weighted by molar-refractivity contribution is 6.76. The Hall–Kier alpha value is -3.25. The summed E-state index contributed by atoms with van der Waals surface area (Å²) in [5.41, 5.74) is 12.1. The van der Waals surface area contributed by atoms with Crippen LogP contribution in [-0.4, -0.2) is 72.5 Å². The van der Waals surface area contributed by atoms with Crippen molar-refractivity contribution in [2.75, 3.05) is 24.8 Å². The van der Waals surface area contributed by atoms with Crippen molar-refractivity contribution in [3.63, 3.8) is 0 Å². The first-order chi connectivity index (χ1) is 19.8. The van der Waals surface area contributed by atoms with E-state index >= 15 is 0 Å². The number of fused-ring (bicyclic) bond motifs is 2. The molecule has 0 radical (unpaired) electrons. The fraction of sp³-hybridized carbons (Fsp3) is 0.633. The number of rotatable bonds is 9. The highest BCUT2D eigenvalue weighted by Gasteiger charge is 2.65. The van der Waals surface area contributed by atoms with Gasteiger partial charge >= 0.3 is 6.03 Å². The highest BCUT2D eigenvalue weighted by atomic mass is 28.3. The third-order valence-electron chi connectivity index (χ3n) is 9.49. The number of pyridine rings is 1. The normalized spacial score (nSPS) is 27.8. The fourth-order valence-corrected chi connectivity index (χ4v) is 7.98. The molecule has 2 spiro atoms. The molecule has 2 aliphatic carbocycles. The first kappa shape index (κ1) is 30.2. The summed E-state index contributed by atoms with van der Waals surface area (Å²) in [7, 11) is -1.24. The van der Waals surface area contributed by atoms with Crippen molar-refractivity contribution >= 4 is 37.5 Å². The molecule has 0 atom stereocenters. The molecule has 3 fully saturated rings. The number of hydrogen-bond donors (Lipinski definition) is 2. The summed E-state index contributed by atoms with van der Waals surface area (Å²) in [6.45, 7) is 9.94. The zero-order valence-electron chi connectivity index (χ0n) is 25.3. The van der Waals surface area contributed by atoms with Crippen molar-refractivity contribution in [1.29, 1.82) is 0 Å². The monoisotopic (exact) mass is 596 g/mol. The van der Waals surface area contributed by atoms with E-state index in [-0.39, 0.29) is 42.0 Å². The number of nitrogens with two attached hydrogens (primary N) is 2. The van der Waals surface area contributed by atoms with Crippen LogP contribution in [0.5, 0.6) is 0 Å². The SMILES string of the molecule is CCCCN1C(=O)C(=C(N)N)C(=O)N(C2CCC3(CC2)CC2(C3)C(=O)N(COCC[Si](C)(C)C)c3cccnc32)C1=O. The van der Waals surface area contributed by atoms with Crippen LogP contribution in [0.3, 0.4) is 0 Å². The number of imide groups is 2. The average molecular weight is 597 g/mol. The van der Waals surface area contributed by atoms with Gasteiger partial charge in [0, 0.05) is 33.5 Å². The summed E-state index contributed by atoms with van der Waals surface area (Å²) in [5.74, 6) is -1.74. The van der Waals surface area contributed by atoms with E-state index < -0.39 is 31.3 Å². The summed E-state index contributed by atoms with van der Waals surface area (Å²) in [5, 5.41) is 0. The van der Waals surface area contributed by atoms with E-state index in [4.69, 9.17) is 16.2 Å². The predicted molar refractivity (Wildman–Crippen MR) is 161 cm³/mol. The van der Waals surface area contributed by atoms with Gasteiger partial charge in [-0.15, -0.1) is 0 Å². The molecule has 3 heterocycles. The van der Waals surface area contributed by atoms with Crippen LogP contribution in [0.25, 0.3) is 0 Å². The zero-order valence-corrected chi connectivity index (χ0v) is 26.3. The van der Waals surface area contributed by atoms with Gasteiger partial charge in [-0.1, -0.05) is 33.0 Å². The Labute approximate surface area is 248 Å². The molecule has 2 saturated carbocycles. The van der Waals surface area contributed by atoms with E-state index in [1.165, 1.54) is 4.90 Å². The van der Waals surface area contributed by atoms with Crippen LogP contribution in [0, 0.1) is 5.41 Å². The van der Waals surface area contributed by atoms with Gasteiger partial charge in [0.15, 0.2) is 0 Å². The molecule has 4 aliphatic rings. The van der Waals surface area contributed by atoms with E-state index in [1.54, 1.807) is 11.1 Å². The van der Waals surface area contributed by atoms with Crippen molar-refractivity contribution in [3.05, 3.63) is 35.4 Å². The molecule has 1 saturated heterocycles. The number of carbonyl (C=O) groups is 4. The van der Waals surface area contributed by atoms with Crippen molar-refractivity contribution in [2.24, 2.45) is 16.9 Å². The third-order valence-corrected chi connectivity index (χ3v) is 11.2. The summed E-state index contributed by atoms with van der Waals surface area (Å²) >= 11 is 0. The number of hydrogen-bond acceptors (Lipinski definition) is 8. The Morgan fingerprint density at radius 2 is 1.76 bits per heavy atom. The molecule has 42 heavy (non-hydrogen) atoms. The van der Waals surface area contributed by atoms with E-state index in [9.17, 15) is 19.2 Å². The van der Waals surface area contributed by atoms with Crippen LogP contribution >= 0.6 is 0 Å². The number of unbranched alkanes of at least 4 members (excludes halogenated alkanes) is 1. The van der Waals surface area contributed by atoms with Gasteiger partial charge in [0.2, 0.25) is 5.91 Å². The van der Waals surface area contributed by atoms with Gasteiger partial charge in [0.05, 0.1) is 16.8 Å². The van der Waals surface area contributed by atoms with Crippen molar-refractivity contribution in [3.8, 4) is 0 Å². The van der Waals surface area contributed by atoms with Gasteiger partial charge in [-0.25, -0.2) is 4.79 Å². The van der Waals surface area contributed by atoms with Crippen LogP contribution in [0.2, 0.25) is 25.7 Å². The molecule has 2 aliphatic heterocycles. The van der Waals surface area contributed by atoms with E-state index in [1.807, 2.05) is 19.1 Å². The standard InChI is InChI=1S/C30H44N6O5Si/c1-5-6-14-34-25(37)22(24(31)32)26(38)36(28(34)40)20-9-11-29(12-10-20)17-30(18-29)23-21(8-7-13-33-23)35(27(30)39)19-41-15-16-42(2,3)4/h7-8,13,20H,5-6,9-12,14-19,31-32H2,1-4H3. The number of urea groups is 1. The number of aromatic nitrogens is 1. The Kier molecular flexibility index (Phi) is 7.99. The lowest BCUT2D eigenvalue weighted by Crippen LogP contribution is -2.62. The molecule has 0 bridgehead atoms. The second-order valence-electron chi connectivity index (χ2n) is 13.7. The number of carbonyl (C=O) groups excluding carboxylic acids is 4. The maximum Gasteiger partial charge on any atom is 0.334 e. The molecule has 5 rings (SSSR count). The molecule has 4 N–H and O–H groups in total. The Morgan fingerprint density at radius 3 is 2.38 bits per heavy atom. The fourth-order valence-electron chi connectivity index (χ4n) is 7.22. The quantitative estimate of drug-likeness (QED) is 0.190. The predicted octanol–water partition coefficient (Wildman–Crippen LogP) is 3.42. The molecule has 11 nitrogen and oxygen atoms in total. The smallest absolute Gasteiger partial charge is 0.334 e. The average Bonchev–Trinajstić information content (AvgIpc) is 3.14. The van der Waals surface area contributed by atoms with Crippen molar-refractivity contribution in [2.45, 2.75) is 95.4 Å². The highest BCUT2D eigenvalue weighted by Crippen LogP contribution is 2.65. The van der Waals surface area contributed by atoms with Gasteiger partial charge < -0.3 is 16.2 Å². The molecule has 0 aromatic carbocycles. The molecule has 228 valence electrons. The van der Waals surface area contributed by atoms with Crippen LogP contribution in [0.4, 0.5) is 10.5 Å². The van der Waals surface area contributed by atoms with Gasteiger partial charge in [-0.3, -0.25) is 34.1 Å². The van der Waals surface area contributed by atoms with Gasteiger partial charge in [0.25, 0.3) is 11.8 Å². The molecule has 0 unspecified atom stereocenters. The Morgan fingerprint density at radius 1 is 1.07 bits per heavy atom. The lowest BCUT2D eigenvalue weighted by atomic mass is 9.47. The summed E-state index contributed by atoms with van der Waals surface area (Å²) in [6, 6.07) is 3.89. The minimum atomic E-state index is -1.24. The van der Waals surface area contributed by atoms with Crippen LogP contribution < -0.4 is 16.4 Å². The van der Waals surface area contributed by atoms with Gasteiger partial charge in [-0.05, 0) is 68.5 Å². The third kappa shape index (κ3) is 5.12. The van der Waals surface area contributed by atoms with Crippen molar-refractivity contribution < 1.29 is 23.9 Å². The van der Waals surface area contributed by atoms with Gasteiger partial charge in [0.1, 0.15) is 18.1 Å². The summed E-state index contributed by atoms with van der Waals surface area (Å²) in [6.07, 6.45) is 7.24. The zero-order chi connectivity index (χ0) is 30.4. The molecular formula is C30H44N6O5Si. The number of barbiturate groups is 1. The van der Waals surface area contributed by atoms with E-state index in [0.29, 0.717) is 38.7 Å². The van der Waals surface area contributed by atoms with Gasteiger partial charge in [-0.2, -0.15) is 0 Å². The molecule has 5 amide bonds. The topological polar surface area (TPSA) is 152 Å². The number of ether oxygens (including phenoxy) is 1. The minimum Gasteiger partial charge on any atom is -0.385 e. The summed E-state index contributed by atoms with van der Waals surface area (Å²) < 4.78 is 5.98. The lowest BCUT2D eigenvalue weighted by molar-refractivity contribution is -0.140. The maximum absolute atomic E-state index is 13.9. The molecular weight excluding hydrogens is 552 g/mol. The molecule has 12 heteroatoms. The second kappa shape index (κ2) is 11.1. The maximum atomic E-state index is 13.9. The minimum absolute atomic E-state index is 0.0524. The van der Waals surface area contributed by atoms with E-state index in [0.717, 1.165) is 41.6 Å². The van der Waals surface area contributed by atoms with Crippen LogP contribution in [0.15, 0.2) is 29.7 Å². The number of anilines is 1. The first-order valence-corrected chi connectivity index (χ1v) is 18.8. The molecule has 1 aromatic heterocycles.